The van der Waals surface area contributed by atoms with Crippen molar-refractivity contribution in [1.82, 2.24) is 9.55 Å². The molecule has 0 radical (unpaired) electrons. The van der Waals surface area contributed by atoms with Crippen LogP contribution in [0.15, 0.2) is 55.0 Å². The molecule has 0 aliphatic heterocycles. The van der Waals surface area contributed by atoms with Crippen LogP contribution in [-0.4, -0.2) is 15.5 Å². The molecule has 182 valence electrons. The molecule has 4 nitrogen and oxygen atoms in total. The van der Waals surface area contributed by atoms with E-state index in [1.165, 1.54) is 12.1 Å². The van der Waals surface area contributed by atoms with Gasteiger partial charge in [0.25, 0.3) is 0 Å². The zero-order chi connectivity index (χ0) is 25.3. The molecular weight excluding hydrogens is 481 g/mol. The highest BCUT2D eigenvalue weighted by Crippen LogP contribution is 2.37. The molecule has 2 aromatic carbocycles. The molecule has 0 fully saturated rings. The Balaban J connectivity index is 1.74. The minimum Gasteiger partial charge on any atom is -0.326 e. The van der Waals surface area contributed by atoms with Gasteiger partial charge in [-0.2, -0.15) is 39.5 Å². The Hall–Kier alpha value is -3.51. The average molecular weight is 495 g/mol. The molecule has 1 aromatic heterocycles. The molecule has 1 N–H and O–H groups in total. The van der Waals surface area contributed by atoms with Crippen molar-refractivity contribution >= 4 is 11.6 Å². The number of nitrogens with zero attached hydrogens (tertiary/aromatic N) is 2. The summed E-state index contributed by atoms with van der Waals surface area (Å²) < 4.78 is 117. The molecule has 34 heavy (non-hydrogen) atoms. The van der Waals surface area contributed by atoms with Gasteiger partial charge in [0.1, 0.15) is 0 Å². The van der Waals surface area contributed by atoms with Gasteiger partial charge in [-0.1, -0.05) is 12.1 Å². The lowest BCUT2D eigenvalue weighted by atomic mass is 10.1. The van der Waals surface area contributed by atoms with Crippen molar-refractivity contribution < 1.29 is 44.3 Å². The van der Waals surface area contributed by atoms with E-state index >= 15 is 0 Å². The smallest absolute Gasteiger partial charge is 0.326 e. The lowest BCUT2D eigenvalue weighted by molar-refractivity contribution is -0.141. The second-order valence-corrected chi connectivity index (χ2v) is 7.14. The Bertz CT molecular complexity index is 1160. The third kappa shape index (κ3) is 6.08. The van der Waals surface area contributed by atoms with Crippen LogP contribution >= 0.6 is 0 Å². The van der Waals surface area contributed by atoms with Gasteiger partial charge in [-0.05, 0) is 42.3 Å². The van der Waals surface area contributed by atoms with E-state index in [2.05, 4.69) is 10.3 Å². The van der Waals surface area contributed by atoms with Crippen molar-refractivity contribution in [2.75, 3.05) is 5.32 Å². The van der Waals surface area contributed by atoms with Gasteiger partial charge in [-0.3, -0.25) is 4.79 Å². The van der Waals surface area contributed by atoms with E-state index in [1.54, 1.807) is 0 Å². The first-order chi connectivity index (χ1) is 15.6. The summed E-state index contributed by atoms with van der Waals surface area (Å²) in [5.41, 5.74) is -4.01. The van der Waals surface area contributed by atoms with E-state index in [9.17, 15) is 44.3 Å². The maximum Gasteiger partial charge on any atom is 0.434 e. The Kier molecular flexibility index (Phi) is 6.67. The fourth-order valence-corrected chi connectivity index (χ4v) is 3.01. The molecule has 13 heteroatoms. The number of hydrogen-bond acceptors (Lipinski definition) is 2. The molecule has 1 heterocycles. The van der Waals surface area contributed by atoms with Crippen molar-refractivity contribution in [3.8, 4) is 5.69 Å². The predicted octanol–water partition coefficient (Wildman–Crippen LogP) is 6.50. The van der Waals surface area contributed by atoms with Crippen LogP contribution in [0.3, 0.4) is 0 Å². The van der Waals surface area contributed by atoms with Crippen LogP contribution < -0.4 is 5.32 Å². The maximum absolute atomic E-state index is 13.5. The van der Waals surface area contributed by atoms with Crippen molar-refractivity contribution in [3.63, 3.8) is 0 Å². The Morgan fingerprint density at radius 1 is 0.853 bits per heavy atom. The highest BCUT2D eigenvalue weighted by molar-refractivity contribution is 5.91. The minimum absolute atomic E-state index is 0.0312. The molecule has 3 rings (SSSR count). The molecule has 0 atom stereocenters. The highest BCUT2D eigenvalue weighted by Gasteiger charge is 2.37. The van der Waals surface area contributed by atoms with Gasteiger partial charge in [0, 0.05) is 18.3 Å². The third-order valence-electron chi connectivity index (χ3n) is 4.66. The summed E-state index contributed by atoms with van der Waals surface area (Å²) in [5.74, 6) is -0.706. The van der Waals surface area contributed by atoms with E-state index in [4.69, 9.17) is 0 Å². The largest absolute Gasteiger partial charge is 0.434 e. The second kappa shape index (κ2) is 9.03. The number of rotatable bonds is 5. The summed E-state index contributed by atoms with van der Waals surface area (Å²) in [4.78, 5) is 15.2. The van der Waals surface area contributed by atoms with Crippen molar-refractivity contribution in [2.45, 2.75) is 31.4 Å². The molecule has 3 aromatic rings. The SMILES string of the molecule is O=C(CCc1ccc(C(F)(F)F)cc1)Nc1ccc(-n2cnc(C(F)(F)F)c2)c(C(F)(F)F)c1. The lowest BCUT2D eigenvalue weighted by Gasteiger charge is -2.15. The fourth-order valence-electron chi connectivity index (χ4n) is 3.01. The third-order valence-corrected chi connectivity index (χ3v) is 4.66. The average Bonchev–Trinajstić information content (AvgIpc) is 3.22. The topological polar surface area (TPSA) is 46.9 Å². The van der Waals surface area contributed by atoms with E-state index in [0.717, 1.165) is 24.3 Å². The number of carbonyl (C=O) groups is 1. The van der Waals surface area contributed by atoms with Gasteiger partial charge in [0.2, 0.25) is 5.91 Å². The molecule has 0 saturated heterocycles. The number of halogens is 9. The van der Waals surface area contributed by atoms with Gasteiger partial charge >= 0.3 is 18.5 Å². The predicted molar refractivity (Wildman–Crippen MR) is 102 cm³/mol. The van der Waals surface area contributed by atoms with E-state index in [-0.39, 0.29) is 18.5 Å². The summed E-state index contributed by atoms with van der Waals surface area (Å²) in [6.45, 7) is 0. The molecular formula is C21H14F9N3O. The van der Waals surface area contributed by atoms with Crippen LogP contribution in [0.5, 0.6) is 0 Å². The van der Waals surface area contributed by atoms with Crippen LogP contribution in [-0.2, 0) is 29.7 Å². The van der Waals surface area contributed by atoms with Gasteiger partial charge in [-0.15, -0.1) is 0 Å². The monoisotopic (exact) mass is 495 g/mol. The zero-order valence-electron chi connectivity index (χ0n) is 16.8. The zero-order valence-corrected chi connectivity index (χ0v) is 16.8. The summed E-state index contributed by atoms with van der Waals surface area (Å²) in [6.07, 6.45) is -13.5. The lowest BCUT2D eigenvalue weighted by Crippen LogP contribution is -2.15. The fraction of sp³-hybridized carbons (Fsp3) is 0.238. The first kappa shape index (κ1) is 25.1. The van der Waals surface area contributed by atoms with Crippen LogP contribution in [0.2, 0.25) is 0 Å². The number of nitrogens with one attached hydrogen (secondary N) is 1. The van der Waals surface area contributed by atoms with E-state index < -0.39 is 46.9 Å². The van der Waals surface area contributed by atoms with Gasteiger partial charge in [0.15, 0.2) is 5.69 Å². The number of hydrogen-bond donors (Lipinski definition) is 1. The Morgan fingerprint density at radius 3 is 2.03 bits per heavy atom. The molecule has 0 aliphatic carbocycles. The van der Waals surface area contributed by atoms with E-state index in [1.807, 2.05) is 0 Å². The number of aryl methyl sites for hydroxylation is 1. The molecule has 0 unspecified atom stereocenters. The molecule has 0 spiro atoms. The van der Waals surface area contributed by atoms with Crippen LogP contribution in [0.4, 0.5) is 45.2 Å². The first-order valence-corrected chi connectivity index (χ1v) is 9.43. The normalized spacial score (nSPS) is 12.6. The van der Waals surface area contributed by atoms with Crippen molar-refractivity contribution in [3.05, 3.63) is 77.4 Å². The Labute approximate surface area is 186 Å². The molecule has 1 amide bonds. The van der Waals surface area contributed by atoms with Crippen LogP contribution in [0, 0.1) is 0 Å². The molecule has 0 bridgehead atoms. The van der Waals surface area contributed by atoms with Crippen LogP contribution in [0.1, 0.15) is 28.8 Å². The first-order valence-electron chi connectivity index (χ1n) is 9.43. The van der Waals surface area contributed by atoms with E-state index in [0.29, 0.717) is 28.7 Å². The van der Waals surface area contributed by atoms with Gasteiger partial charge in [0.05, 0.1) is 23.1 Å². The minimum atomic E-state index is -4.96. The quantitative estimate of drug-likeness (QED) is 0.411. The summed E-state index contributed by atoms with van der Waals surface area (Å²) >= 11 is 0. The van der Waals surface area contributed by atoms with Crippen LogP contribution in [0.25, 0.3) is 5.69 Å². The number of imidazole rings is 1. The summed E-state index contributed by atoms with van der Waals surface area (Å²) in [5, 5.41) is 2.24. The standard InChI is InChI=1S/C21H14F9N3O/c22-19(23,24)13-4-1-12(2-5-13)3-8-18(34)32-14-6-7-16(15(9-14)20(25,26)27)33-10-17(31-11-33)21(28,29)30/h1-2,4-7,9-11H,3,8H2,(H,32,34). The molecule has 0 saturated carbocycles. The summed E-state index contributed by atoms with van der Waals surface area (Å²) in [6, 6.07) is 6.60. The van der Waals surface area contributed by atoms with Crippen molar-refractivity contribution in [2.24, 2.45) is 0 Å². The second-order valence-electron chi connectivity index (χ2n) is 7.14. The van der Waals surface area contributed by atoms with Crippen molar-refractivity contribution in [1.29, 1.82) is 0 Å². The Morgan fingerprint density at radius 2 is 1.50 bits per heavy atom. The number of amides is 1. The van der Waals surface area contributed by atoms with Gasteiger partial charge < -0.3 is 9.88 Å². The number of aromatic nitrogens is 2. The molecule has 0 aliphatic rings. The highest BCUT2D eigenvalue weighted by atomic mass is 19.4. The number of alkyl halides is 9. The number of benzene rings is 2. The summed E-state index contributed by atoms with van der Waals surface area (Å²) in [7, 11) is 0. The maximum atomic E-state index is 13.5. The number of anilines is 1. The number of carbonyl (C=O) groups excluding carboxylic acids is 1. The van der Waals surface area contributed by atoms with Gasteiger partial charge in [-0.25, -0.2) is 4.98 Å².